The summed E-state index contributed by atoms with van der Waals surface area (Å²) in [7, 11) is 4.20. The third kappa shape index (κ3) is 1.54. The van der Waals surface area contributed by atoms with E-state index in [9.17, 15) is 0 Å². The highest BCUT2D eigenvalue weighted by atomic mass is 15.1. The van der Waals surface area contributed by atoms with Gasteiger partial charge in [-0.1, -0.05) is 12.1 Å². The molecule has 2 nitrogen and oxygen atoms in total. The van der Waals surface area contributed by atoms with Crippen LogP contribution in [0.5, 0.6) is 0 Å². The van der Waals surface area contributed by atoms with E-state index in [-0.39, 0.29) is 0 Å². The molecule has 1 heterocycles. The van der Waals surface area contributed by atoms with E-state index in [0.29, 0.717) is 0 Å². The Morgan fingerprint density at radius 2 is 2.15 bits per heavy atom. The minimum absolute atomic E-state index is 1.02. The molecule has 1 aliphatic heterocycles. The molecule has 0 saturated heterocycles. The molecule has 0 radical (unpaired) electrons. The lowest BCUT2D eigenvalue weighted by Gasteiger charge is -2.24. The van der Waals surface area contributed by atoms with Crippen LogP contribution in [0.4, 0.5) is 5.69 Å². The molecule has 0 fully saturated rings. The second-order valence-electron chi connectivity index (χ2n) is 3.74. The van der Waals surface area contributed by atoms with Gasteiger partial charge in [0.15, 0.2) is 0 Å². The molecule has 0 atom stereocenters. The predicted molar refractivity (Wildman–Crippen MR) is 56.2 cm³/mol. The van der Waals surface area contributed by atoms with Crippen molar-refractivity contribution in [2.24, 2.45) is 0 Å². The Kier molecular flexibility index (Phi) is 2.23. The quantitative estimate of drug-likeness (QED) is 0.695. The van der Waals surface area contributed by atoms with Gasteiger partial charge in [-0.2, -0.15) is 0 Å². The SMILES string of the molecule is CN(C)c1cccc2c1CNCC2. The number of fused-ring (bicyclic) bond motifs is 1. The Morgan fingerprint density at radius 3 is 2.92 bits per heavy atom. The number of nitrogens with one attached hydrogen (secondary N) is 1. The second kappa shape index (κ2) is 3.38. The molecule has 2 rings (SSSR count). The molecule has 2 heteroatoms. The molecule has 1 aliphatic rings. The zero-order valence-electron chi connectivity index (χ0n) is 8.30. The first kappa shape index (κ1) is 8.57. The monoisotopic (exact) mass is 176 g/mol. The van der Waals surface area contributed by atoms with Gasteiger partial charge in [-0.3, -0.25) is 0 Å². The Morgan fingerprint density at radius 1 is 1.31 bits per heavy atom. The summed E-state index contributed by atoms with van der Waals surface area (Å²) in [6.07, 6.45) is 1.16. The summed E-state index contributed by atoms with van der Waals surface area (Å²) in [5, 5.41) is 3.41. The van der Waals surface area contributed by atoms with Gasteiger partial charge in [0, 0.05) is 26.3 Å². The fourth-order valence-electron chi connectivity index (χ4n) is 1.91. The van der Waals surface area contributed by atoms with Crippen molar-refractivity contribution < 1.29 is 0 Å². The Bertz CT molecular complexity index is 305. The first-order chi connectivity index (χ1) is 6.29. The number of nitrogens with zero attached hydrogens (tertiary/aromatic N) is 1. The van der Waals surface area contributed by atoms with Crippen molar-refractivity contribution in [2.75, 3.05) is 25.5 Å². The molecule has 0 aliphatic carbocycles. The molecule has 70 valence electrons. The van der Waals surface area contributed by atoms with E-state index in [1.165, 1.54) is 16.8 Å². The van der Waals surface area contributed by atoms with Gasteiger partial charge >= 0.3 is 0 Å². The van der Waals surface area contributed by atoms with E-state index >= 15 is 0 Å². The van der Waals surface area contributed by atoms with Crippen molar-refractivity contribution >= 4 is 5.69 Å². The smallest absolute Gasteiger partial charge is 0.0409 e. The van der Waals surface area contributed by atoms with E-state index in [2.05, 4.69) is 42.5 Å². The van der Waals surface area contributed by atoms with Crippen molar-refractivity contribution in [2.45, 2.75) is 13.0 Å². The Hall–Kier alpha value is -1.02. The minimum Gasteiger partial charge on any atom is -0.377 e. The molecular weight excluding hydrogens is 160 g/mol. The van der Waals surface area contributed by atoms with E-state index in [1.807, 2.05) is 0 Å². The average Bonchev–Trinajstić information content (AvgIpc) is 2.17. The summed E-state index contributed by atoms with van der Waals surface area (Å²) in [5.41, 5.74) is 4.33. The van der Waals surface area contributed by atoms with E-state index < -0.39 is 0 Å². The number of benzene rings is 1. The summed E-state index contributed by atoms with van der Waals surface area (Å²) in [5.74, 6) is 0. The topological polar surface area (TPSA) is 15.3 Å². The van der Waals surface area contributed by atoms with E-state index in [4.69, 9.17) is 0 Å². The number of anilines is 1. The molecule has 0 spiro atoms. The minimum atomic E-state index is 1.02. The highest BCUT2D eigenvalue weighted by molar-refractivity contribution is 5.56. The molecule has 1 aromatic carbocycles. The van der Waals surface area contributed by atoms with Crippen LogP contribution in [0.1, 0.15) is 11.1 Å². The summed E-state index contributed by atoms with van der Waals surface area (Å²) >= 11 is 0. The van der Waals surface area contributed by atoms with Crippen molar-refractivity contribution in [1.82, 2.24) is 5.32 Å². The lowest BCUT2D eigenvalue weighted by atomic mass is 9.99. The highest BCUT2D eigenvalue weighted by Gasteiger charge is 2.12. The van der Waals surface area contributed by atoms with Crippen molar-refractivity contribution in [3.05, 3.63) is 29.3 Å². The summed E-state index contributed by atoms with van der Waals surface area (Å²) in [6, 6.07) is 6.58. The van der Waals surface area contributed by atoms with E-state index in [1.54, 1.807) is 0 Å². The highest BCUT2D eigenvalue weighted by Crippen LogP contribution is 2.24. The largest absolute Gasteiger partial charge is 0.377 e. The summed E-state index contributed by atoms with van der Waals surface area (Å²) < 4.78 is 0. The van der Waals surface area contributed by atoms with Crippen molar-refractivity contribution in [1.29, 1.82) is 0 Å². The van der Waals surface area contributed by atoms with Crippen molar-refractivity contribution in [3.8, 4) is 0 Å². The van der Waals surface area contributed by atoms with Gasteiger partial charge in [0.1, 0.15) is 0 Å². The van der Waals surface area contributed by atoms with Crippen LogP contribution < -0.4 is 10.2 Å². The van der Waals surface area contributed by atoms with Gasteiger partial charge in [-0.25, -0.2) is 0 Å². The van der Waals surface area contributed by atoms with E-state index in [0.717, 1.165) is 19.5 Å². The van der Waals surface area contributed by atoms with Crippen LogP contribution in [0.25, 0.3) is 0 Å². The van der Waals surface area contributed by atoms with Crippen LogP contribution in [-0.2, 0) is 13.0 Å². The first-order valence-electron chi connectivity index (χ1n) is 4.78. The summed E-state index contributed by atoms with van der Waals surface area (Å²) in [6.45, 7) is 2.13. The maximum absolute atomic E-state index is 3.41. The average molecular weight is 176 g/mol. The van der Waals surface area contributed by atoms with Gasteiger partial charge in [-0.15, -0.1) is 0 Å². The number of hydrogen-bond acceptors (Lipinski definition) is 2. The molecular formula is C11H16N2. The molecule has 0 amide bonds. The molecule has 0 bridgehead atoms. The zero-order valence-corrected chi connectivity index (χ0v) is 8.30. The van der Waals surface area contributed by atoms with Crippen LogP contribution >= 0.6 is 0 Å². The van der Waals surface area contributed by atoms with Crippen LogP contribution in [0.3, 0.4) is 0 Å². The van der Waals surface area contributed by atoms with Crippen LogP contribution in [0.2, 0.25) is 0 Å². The molecule has 0 aromatic heterocycles. The first-order valence-corrected chi connectivity index (χ1v) is 4.78. The van der Waals surface area contributed by atoms with Gasteiger partial charge < -0.3 is 10.2 Å². The third-order valence-corrected chi connectivity index (χ3v) is 2.60. The van der Waals surface area contributed by atoms with Crippen LogP contribution in [0, 0.1) is 0 Å². The number of rotatable bonds is 1. The lowest BCUT2D eigenvalue weighted by Crippen LogP contribution is -2.26. The van der Waals surface area contributed by atoms with Gasteiger partial charge in [0.2, 0.25) is 0 Å². The lowest BCUT2D eigenvalue weighted by molar-refractivity contribution is 0.643. The maximum atomic E-state index is 3.41. The standard InChI is InChI=1S/C11H16N2/c1-13(2)11-5-3-4-9-6-7-12-8-10(9)11/h3-5,12H,6-8H2,1-2H3. The second-order valence-corrected chi connectivity index (χ2v) is 3.74. The fraction of sp³-hybridized carbons (Fsp3) is 0.455. The van der Waals surface area contributed by atoms with Gasteiger partial charge in [-0.05, 0) is 30.2 Å². The van der Waals surface area contributed by atoms with Gasteiger partial charge in [0.05, 0.1) is 0 Å². The molecule has 0 saturated carbocycles. The third-order valence-electron chi connectivity index (χ3n) is 2.60. The molecule has 0 unspecified atom stereocenters. The number of hydrogen-bond donors (Lipinski definition) is 1. The molecule has 1 N–H and O–H groups in total. The van der Waals surface area contributed by atoms with Crippen LogP contribution in [-0.4, -0.2) is 20.6 Å². The maximum Gasteiger partial charge on any atom is 0.0409 e. The molecule has 13 heavy (non-hydrogen) atoms. The summed E-state index contributed by atoms with van der Waals surface area (Å²) in [4.78, 5) is 2.19. The van der Waals surface area contributed by atoms with Gasteiger partial charge in [0.25, 0.3) is 0 Å². The van der Waals surface area contributed by atoms with Crippen molar-refractivity contribution in [3.63, 3.8) is 0 Å². The Balaban J connectivity index is 2.46. The van der Waals surface area contributed by atoms with Crippen LogP contribution in [0.15, 0.2) is 18.2 Å². The normalized spacial score (nSPS) is 15.2. The fourth-order valence-corrected chi connectivity index (χ4v) is 1.91. The zero-order chi connectivity index (χ0) is 9.26. The Labute approximate surface area is 79.6 Å². The molecule has 1 aromatic rings. The predicted octanol–water partition coefficient (Wildman–Crippen LogP) is 1.40.